The van der Waals surface area contributed by atoms with Gasteiger partial charge in [0.05, 0.1) is 12.8 Å². The van der Waals surface area contributed by atoms with Crippen LogP contribution in [0.25, 0.3) is 6.08 Å². The Morgan fingerprint density at radius 1 is 1.03 bits per heavy atom. The Labute approximate surface area is 200 Å². The molecule has 0 atom stereocenters. The van der Waals surface area contributed by atoms with Gasteiger partial charge in [-0.05, 0) is 54.1 Å². The van der Waals surface area contributed by atoms with Crippen molar-refractivity contribution in [2.75, 3.05) is 23.9 Å². The molecule has 1 aliphatic heterocycles. The van der Waals surface area contributed by atoms with E-state index in [4.69, 9.17) is 21.1 Å². The fraction of sp³-hybridized carbons (Fsp3) is 0.0800. The number of halogens is 1. The number of benzene rings is 3. The summed E-state index contributed by atoms with van der Waals surface area (Å²) >= 11 is 5.98. The lowest BCUT2D eigenvalue weighted by Gasteiger charge is -2.12. The number of rotatable bonds is 7. The molecule has 0 bridgehead atoms. The highest BCUT2D eigenvalue weighted by Crippen LogP contribution is 2.30. The smallest absolute Gasteiger partial charge is 0.333 e. The van der Waals surface area contributed by atoms with Crippen molar-refractivity contribution in [3.8, 4) is 11.5 Å². The molecule has 3 aromatic carbocycles. The zero-order valence-electron chi connectivity index (χ0n) is 18.1. The average Bonchev–Trinajstić information content (AvgIpc) is 3.11. The number of methoxy groups -OCH3 is 1. The van der Waals surface area contributed by atoms with Gasteiger partial charge in [0.2, 0.25) is 0 Å². The predicted molar refractivity (Wildman–Crippen MR) is 129 cm³/mol. The lowest BCUT2D eigenvalue weighted by atomic mass is 10.1. The molecule has 1 fully saturated rings. The third kappa shape index (κ3) is 5.19. The van der Waals surface area contributed by atoms with E-state index >= 15 is 0 Å². The van der Waals surface area contributed by atoms with Crippen molar-refractivity contribution < 1.29 is 23.9 Å². The van der Waals surface area contributed by atoms with Gasteiger partial charge in [-0.2, -0.15) is 0 Å². The van der Waals surface area contributed by atoms with E-state index in [9.17, 15) is 14.4 Å². The molecular weight excluding hydrogens is 458 g/mol. The molecule has 0 unspecified atom stereocenters. The summed E-state index contributed by atoms with van der Waals surface area (Å²) in [6.45, 7) is -0.213. The minimum absolute atomic E-state index is 0.0999. The fourth-order valence-corrected chi connectivity index (χ4v) is 3.49. The topological polar surface area (TPSA) is 97.0 Å². The van der Waals surface area contributed by atoms with Crippen LogP contribution in [0.5, 0.6) is 11.5 Å². The first-order chi connectivity index (χ1) is 16.4. The largest absolute Gasteiger partial charge is 0.493 e. The predicted octanol–water partition coefficient (Wildman–Crippen LogP) is 4.46. The maximum Gasteiger partial charge on any atom is 0.333 e. The van der Waals surface area contributed by atoms with Crippen molar-refractivity contribution in [1.29, 1.82) is 0 Å². The number of amides is 4. The van der Waals surface area contributed by atoms with E-state index in [1.54, 1.807) is 48.5 Å². The number of nitrogens with one attached hydrogen (secondary N) is 2. The minimum atomic E-state index is -0.574. The summed E-state index contributed by atoms with van der Waals surface area (Å²) in [6, 6.07) is 19.9. The number of ether oxygens (including phenoxy) is 2. The maximum absolute atomic E-state index is 12.8. The van der Waals surface area contributed by atoms with E-state index in [0.29, 0.717) is 33.5 Å². The second-order valence-corrected chi connectivity index (χ2v) is 7.66. The second kappa shape index (κ2) is 10.1. The molecule has 3 aromatic rings. The van der Waals surface area contributed by atoms with Gasteiger partial charge in [-0.15, -0.1) is 0 Å². The van der Waals surface area contributed by atoms with Crippen LogP contribution in [0.4, 0.5) is 16.2 Å². The molecule has 4 rings (SSSR count). The van der Waals surface area contributed by atoms with Crippen LogP contribution in [-0.2, 0) is 9.59 Å². The Kier molecular flexibility index (Phi) is 6.79. The Hall–Kier alpha value is -4.30. The molecule has 1 aliphatic rings. The van der Waals surface area contributed by atoms with Crippen LogP contribution in [0.15, 0.2) is 78.5 Å². The van der Waals surface area contributed by atoms with Crippen LogP contribution in [0, 0.1) is 0 Å². The molecular formula is C25H20ClN3O5. The van der Waals surface area contributed by atoms with Gasteiger partial charge in [-0.3, -0.25) is 9.59 Å². The molecule has 1 saturated heterocycles. The molecule has 34 heavy (non-hydrogen) atoms. The number of hydrogen-bond acceptors (Lipinski definition) is 5. The molecule has 4 amide bonds. The van der Waals surface area contributed by atoms with Gasteiger partial charge in [-0.25, -0.2) is 9.69 Å². The third-order valence-corrected chi connectivity index (χ3v) is 5.09. The average molecular weight is 478 g/mol. The molecule has 0 aliphatic carbocycles. The fourth-order valence-electron chi connectivity index (χ4n) is 3.31. The highest BCUT2D eigenvalue weighted by Gasteiger charge is 2.35. The molecule has 1 heterocycles. The summed E-state index contributed by atoms with van der Waals surface area (Å²) in [4.78, 5) is 38.3. The number of anilines is 2. The zero-order valence-corrected chi connectivity index (χ0v) is 18.8. The summed E-state index contributed by atoms with van der Waals surface area (Å²) in [5, 5.41) is 5.71. The van der Waals surface area contributed by atoms with Crippen LogP contribution in [0.3, 0.4) is 0 Å². The van der Waals surface area contributed by atoms with E-state index < -0.39 is 11.9 Å². The van der Waals surface area contributed by atoms with Crippen LogP contribution in [0.1, 0.15) is 5.56 Å². The lowest BCUT2D eigenvalue weighted by molar-refractivity contribution is -0.118. The molecule has 2 N–H and O–H groups in total. The number of carbonyl (C=O) groups is 3. The summed E-state index contributed by atoms with van der Waals surface area (Å²) in [7, 11) is 1.46. The van der Waals surface area contributed by atoms with E-state index in [1.165, 1.54) is 19.3 Å². The quantitative estimate of drug-likeness (QED) is 0.387. The van der Waals surface area contributed by atoms with Gasteiger partial charge < -0.3 is 20.1 Å². The summed E-state index contributed by atoms with van der Waals surface area (Å²) < 4.78 is 11.0. The van der Waals surface area contributed by atoms with Crippen LogP contribution >= 0.6 is 11.6 Å². The van der Waals surface area contributed by atoms with Crippen molar-refractivity contribution >= 4 is 46.9 Å². The van der Waals surface area contributed by atoms with Gasteiger partial charge >= 0.3 is 6.03 Å². The van der Waals surface area contributed by atoms with Crippen molar-refractivity contribution in [3.05, 3.63) is 89.1 Å². The highest BCUT2D eigenvalue weighted by molar-refractivity contribution is 6.32. The molecule has 8 nitrogen and oxygen atoms in total. The van der Waals surface area contributed by atoms with Gasteiger partial charge in [0.15, 0.2) is 18.1 Å². The number of nitrogens with zero attached hydrogens (tertiary/aromatic N) is 1. The van der Waals surface area contributed by atoms with Crippen molar-refractivity contribution in [1.82, 2.24) is 5.32 Å². The Morgan fingerprint density at radius 3 is 2.56 bits per heavy atom. The lowest BCUT2D eigenvalue weighted by Crippen LogP contribution is -2.30. The number of imide groups is 1. The zero-order chi connectivity index (χ0) is 24.1. The monoisotopic (exact) mass is 477 g/mol. The van der Waals surface area contributed by atoms with Crippen molar-refractivity contribution in [3.63, 3.8) is 0 Å². The second-order valence-electron chi connectivity index (χ2n) is 7.22. The van der Waals surface area contributed by atoms with E-state index in [2.05, 4.69) is 10.6 Å². The van der Waals surface area contributed by atoms with Crippen molar-refractivity contribution in [2.24, 2.45) is 0 Å². The minimum Gasteiger partial charge on any atom is -0.493 e. The van der Waals surface area contributed by atoms with Gasteiger partial charge in [0.1, 0.15) is 5.70 Å². The molecule has 172 valence electrons. The molecule has 0 spiro atoms. The van der Waals surface area contributed by atoms with Crippen LogP contribution in [0.2, 0.25) is 5.02 Å². The Morgan fingerprint density at radius 2 is 1.82 bits per heavy atom. The first kappa shape index (κ1) is 22.9. The van der Waals surface area contributed by atoms with Gasteiger partial charge in [0.25, 0.3) is 11.8 Å². The molecule has 0 saturated carbocycles. The van der Waals surface area contributed by atoms with Gasteiger partial charge in [-0.1, -0.05) is 41.9 Å². The van der Waals surface area contributed by atoms with Gasteiger partial charge in [0, 0.05) is 10.7 Å². The standard InChI is InChI=1S/C25H20ClN3O5/c1-33-22-13-16(10-11-21(22)34-15-23(30)27-18-7-3-2-4-8-18)12-20-24(31)29(25(32)28-20)19-9-5-6-17(26)14-19/h2-14H,15H2,1H3,(H,27,30)(H,28,32). The molecule has 9 heteroatoms. The summed E-state index contributed by atoms with van der Waals surface area (Å²) in [5.74, 6) is -0.107. The Bertz CT molecular complexity index is 1280. The van der Waals surface area contributed by atoms with E-state index in [0.717, 1.165) is 4.90 Å². The summed E-state index contributed by atoms with van der Waals surface area (Å²) in [6.07, 6.45) is 1.53. The first-order valence-electron chi connectivity index (χ1n) is 10.2. The number of hydrogen-bond donors (Lipinski definition) is 2. The van der Waals surface area contributed by atoms with E-state index in [1.807, 2.05) is 18.2 Å². The number of urea groups is 1. The SMILES string of the molecule is COc1cc(C=C2NC(=O)N(c3cccc(Cl)c3)C2=O)ccc1OCC(=O)Nc1ccccc1. The first-order valence-corrected chi connectivity index (χ1v) is 10.6. The normalized spacial score (nSPS) is 14.2. The Balaban J connectivity index is 1.46. The molecule has 0 radical (unpaired) electrons. The van der Waals surface area contributed by atoms with E-state index in [-0.39, 0.29) is 18.2 Å². The van der Waals surface area contributed by atoms with Crippen molar-refractivity contribution in [2.45, 2.75) is 0 Å². The summed E-state index contributed by atoms with van der Waals surface area (Å²) in [5.41, 5.74) is 1.73. The highest BCUT2D eigenvalue weighted by atomic mass is 35.5. The maximum atomic E-state index is 12.8. The number of carbonyl (C=O) groups excluding carboxylic acids is 3. The molecule has 0 aromatic heterocycles. The van der Waals surface area contributed by atoms with Crippen LogP contribution < -0.4 is 25.0 Å². The third-order valence-electron chi connectivity index (χ3n) is 4.86. The number of para-hydroxylation sites is 1. The van der Waals surface area contributed by atoms with Crippen LogP contribution in [-0.4, -0.2) is 31.6 Å².